The Hall–Kier alpha value is -2.60. The molecule has 3 aromatic rings. The van der Waals surface area contributed by atoms with Gasteiger partial charge in [-0.1, -0.05) is 6.07 Å². The van der Waals surface area contributed by atoms with Gasteiger partial charge in [-0.25, -0.2) is 4.98 Å². The van der Waals surface area contributed by atoms with E-state index in [4.69, 9.17) is 0 Å². The molecule has 1 amide bonds. The normalized spacial score (nSPS) is 10.5. The lowest BCUT2D eigenvalue weighted by Gasteiger charge is -2.03. The van der Waals surface area contributed by atoms with Crippen LogP contribution in [0.1, 0.15) is 31.6 Å². The highest BCUT2D eigenvalue weighted by Crippen LogP contribution is 2.19. The van der Waals surface area contributed by atoms with Crippen molar-refractivity contribution in [2.75, 3.05) is 0 Å². The van der Waals surface area contributed by atoms with Gasteiger partial charge in [0.15, 0.2) is 0 Å². The van der Waals surface area contributed by atoms with E-state index in [0.29, 0.717) is 11.4 Å². The van der Waals surface area contributed by atoms with E-state index in [1.54, 1.807) is 18.6 Å². The highest BCUT2D eigenvalue weighted by Gasteiger charge is 2.15. The standard InChI is InChI=1S/C18H18N4OS/c1-13-17(18(23)21-12-14-7-10-19-11-8-14)24-16(22-13)6-5-15-4-2-3-9-20-15/h2-4,7-11H,5-6,12H2,1H3,(H,21,23). The molecule has 0 aromatic carbocycles. The van der Waals surface area contributed by atoms with Gasteiger partial charge in [-0.3, -0.25) is 14.8 Å². The molecular weight excluding hydrogens is 320 g/mol. The maximum Gasteiger partial charge on any atom is 0.263 e. The number of aromatic nitrogens is 3. The maximum atomic E-state index is 12.4. The number of hydrogen-bond donors (Lipinski definition) is 1. The first kappa shape index (κ1) is 16.3. The number of hydrogen-bond acceptors (Lipinski definition) is 5. The summed E-state index contributed by atoms with van der Waals surface area (Å²) in [7, 11) is 0. The molecule has 0 saturated carbocycles. The van der Waals surface area contributed by atoms with Crippen molar-refractivity contribution in [1.29, 1.82) is 0 Å². The highest BCUT2D eigenvalue weighted by molar-refractivity contribution is 7.13. The average Bonchev–Trinajstić information content (AvgIpc) is 3.00. The Morgan fingerprint density at radius 2 is 1.96 bits per heavy atom. The lowest BCUT2D eigenvalue weighted by molar-refractivity contribution is 0.0954. The molecule has 0 bridgehead atoms. The highest BCUT2D eigenvalue weighted by atomic mass is 32.1. The molecule has 6 heteroatoms. The summed E-state index contributed by atoms with van der Waals surface area (Å²) in [6.07, 6.45) is 6.84. The first-order valence-electron chi connectivity index (χ1n) is 7.75. The molecule has 0 spiro atoms. The van der Waals surface area contributed by atoms with Crippen LogP contribution in [-0.2, 0) is 19.4 Å². The van der Waals surface area contributed by atoms with Gasteiger partial charge in [0, 0.05) is 37.3 Å². The second kappa shape index (κ2) is 7.79. The number of nitrogens with one attached hydrogen (secondary N) is 1. The Kier molecular flexibility index (Phi) is 5.28. The summed E-state index contributed by atoms with van der Waals surface area (Å²) < 4.78 is 0. The number of amides is 1. The van der Waals surface area contributed by atoms with Gasteiger partial charge in [-0.05, 0) is 43.2 Å². The molecule has 0 aliphatic rings. The third-order valence-corrected chi connectivity index (χ3v) is 4.79. The van der Waals surface area contributed by atoms with Crippen LogP contribution in [0.3, 0.4) is 0 Å². The number of thiazole rings is 1. The van der Waals surface area contributed by atoms with Crippen molar-refractivity contribution in [3.05, 3.63) is 75.8 Å². The lowest BCUT2D eigenvalue weighted by atomic mass is 10.2. The Morgan fingerprint density at radius 3 is 2.71 bits per heavy atom. The Labute approximate surface area is 144 Å². The molecule has 3 heterocycles. The van der Waals surface area contributed by atoms with Crippen molar-refractivity contribution >= 4 is 17.2 Å². The Balaban J connectivity index is 1.59. The van der Waals surface area contributed by atoms with Gasteiger partial charge in [0.05, 0.1) is 10.7 Å². The zero-order valence-electron chi connectivity index (χ0n) is 13.4. The molecule has 0 aliphatic carbocycles. The molecule has 0 radical (unpaired) electrons. The predicted octanol–water partition coefficient (Wildman–Crippen LogP) is 2.96. The third kappa shape index (κ3) is 4.23. The molecule has 3 aromatic heterocycles. The van der Waals surface area contributed by atoms with Crippen LogP contribution in [0.15, 0.2) is 48.9 Å². The molecule has 0 fully saturated rings. The van der Waals surface area contributed by atoms with E-state index in [2.05, 4.69) is 20.3 Å². The molecule has 5 nitrogen and oxygen atoms in total. The van der Waals surface area contributed by atoms with E-state index >= 15 is 0 Å². The fourth-order valence-corrected chi connectivity index (χ4v) is 3.29. The minimum Gasteiger partial charge on any atom is -0.347 e. The number of rotatable bonds is 6. The molecule has 3 rings (SSSR count). The van der Waals surface area contributed by atoms with Crippen LogP contribution in [0.2, 0.25) is 0 Å². The van der Waals surface area contributed by atoms with Gasteiger partial charge in [-0.2, -0.15) is 0 Å². The van der Waals surface area contributed by atoms with E-state index in [0.717, 1.165) is 34.8 Å². The quantitative estimate of drug-likeness (QED) is 0.750. The van der Waals surface area contributed by atoms with Gasteiger partial charge in [0.25, 0.3) is 5.91 Å². The van der Waals surface area contributed by atoms with E-state index in [1.807, 2.05) is 37.3 Å². The van der Waals surface area contributed by atoms with E-state index < -0.39 is 0 Å². The number of carbonyl (C=O) groups excluding carboxylic acids is 1. The minimum atomic E-state index is -0.0779. The van der Waals surface area contributed by atoms with Gasteiger partial charge < -0.3 is 5.32 Å². The maximum absolute atomic E-state index is 12.4. The van der Waals surface area contributed by atoms with E-state index in [1.165, 1.54) is 11.3 Å². The largest absolute Gasteiger partial charge is 0.347 e. The zero-order valence-corrected chi connectivity index (χ0v) is 14.2. The van der Waals surface area contributed by atoms with Crippen LogP contribution in [0.4, 0.5) is 0 Å². The summed E-state index contributed by atoms with van der Waals surface area (Å²) in [5.74, 6) is -0.0779. The van der Waals surface area contributed by atoms with Crippen molar-refractivity contribution in [2.45, 2.75) is 26.3 Å². The molecule has 0 saturated heterocycles. The monoisotopic (exact) mass is 338 g/mol. The fraction of sp³-hybridized carbons (Fsp3) is 0.222. The molecular formula is C18H18N4OS. The molecule has 122 valence electrons. The zero-order chi connectivity index (χ0) is 16.8. The van der Waals surface area contributed by atoms with Crippen molar-refractivity contribution < 1.29 is 4.79 Å². The van der Waals surface area contributed by atoms with E-state index in [9.17, 15) is 4.79 Å². The van der Waals surface area contributed by atoms with Crippen LogP contribution in [0.25, 0.3) is 0 Å². The number of carbonyl (C=O) groups is 1. The SMILES string of the molecule is Cc1nc(CCc2ccccn2)sc1C(=O)NCc1ccncc1. The summed E-state index contributed by atoms with van der Waals surface area (Å²) in [6.45, 7) is 2.37. The van der Waals surface area contributed by atoms with E-state index in [-0.39, 0.29) is 5.91 Å². The summed E-state index contributed by atoms with van der Waals surface area (Å²) in [4.78, 5) is 25.8. The smallest absolute Gasteiger partial charge is 0.263 e. The van der Waals surface area contributed by atoms with Crippen molar-refractivity contribution in [1.82, 2.24) is 20.3 Å². The number of pyridine rings is 2. The fourth-order valence-electron chi connectivity index (χ4n) is 2.31. The minimum absolute atomic E-state index is 0.0779. The van der Waals surface area contributed by atoms with Gasteiger partial charge in [-0.15, -0.1) is 11.3 Å². The molecule has 24 heavy (non-hydrogen) atoms. The topological polar surface area (TPSA) is 67.8 Å². The summed E-state index contributed by atoms with van der Waals surface area (Å²) in [6, 6.07) is 9.66. The van der Waals surface area contributed by atoms with Crippen LogP contribution in [0.5, 0.6) is 0 Å². The predicted molar refractivity (Wildman–Crippen MR) is 93.9 cm³/mol. The Morgan fingerprint density at radius 1 is 1.12 bits per heavy atom. The first-order chi connectivity index (χ1) is 11.7. The van der Waals surface area contributed by atoms with Crippen molar-refractivity contribution in [3.63, 3.8) is 0 Å². The van der Waals surface area contributed by atoms with Crippen LogP contribution < -0.4 is 5.32 Å². The van der Waals surface area contributed by atoms with Crippen LogP contribution >= 0.6 is 11.3 Å². The van der Waals surface area contributed by atoms with Crippen molar-refractivity contribution in [2.24, 2.45) is 0 Å². The lowest BCUT2D eigenvalue weighted by Crippen LogP contribution is -2.22. The average molecular weight is 338 g/mol. The summed E-state index contributed by atoms with van der Waals surface area (Å²) in [5, 5.41) is 3.90. The van der Waals surface area contributed by atoms with Crippen LogP contribution in [-0.4, -0.2) is 20.9 Å². The van der Waals surface area contributed by atoms with Gasteiger partial charge in [0.1, 0.15) is 4.88 Å². The Bertz CT molecular complexity index is 802. The van der Waals surface area contributed by atoms with Gasteiger partial charge in [0.2, 0.25) is 0 Å². The molecule has 0 unspecified atom stereocenters. The molecule has 0 aliphatic heterocycles. The second-order valence-electron chi connectivity index (χ2n) is 5.38. The van der Waals surface area contributed by atoms with Crippen molar-refractivity contribution in [3.8, 4) is 0 Å². The number of nitrogens with zero attached hydrogens (tertiary/aromatic N) is 3. The van der Waals surface area contributed by atoms with Crippen LogP contribution in [0, 0.1) is 6.92 Å². The first-order valence-corrected chi connectivity index (χ1v) is 8.57. The second-order valence-corrected chi connectivity index (χ2v) is 6.46. The number of aryl methyl sites for hydroxylation is 3. The molecule has 0 atom stereocenters. The third-order valence-electron chi connectivity index (χ3n) is 3.57. The summed E-state index contributed by atoms with van der Waals surface area (Å²) in [5.41, 5.74) is 2.84. The van der Waals surface area contributed by atoms with Gasteiger partial charge >= 0.3 is 0 Å². The molecule has 1 N–H and O–H groups in total. The summed E-state index contributed by atoms with van der Waals surface area (Å²) >= 11 is 1.46.